The monoisotopic (exact) mass is 265 g/mol. The number of fused-ring (bicyclic) bond motifs is 3. The largest absolute Gasteiger partial charge is 0.372 e. The Morgan fingerprint density at radius 2 is 1.89 bits per heavy atom. The molecule has 0 aromatic heterocycles. The molecule has 0 amide bonds. The number of likely N-dealkylation sites (tertiary alicyclic amines) is 1. The van der Waals surface area contributed by atoms with Crippen LogP contribution in [0.5, 0.6) is 0 Å². The van der Waals surface area contributed by atoms with E-state index in [9.17, 15) is 0 Å². The molecule has 0 radical (unpaired) electrons. The zero-order valence-electron chi connectivity index (χ0n) is 11.9. The Morgan fingerprint density at radius 1 is 1.11 bits per heavy atom. The fourth-order valence-electron chi connectivity index (χ4n) is 4.92. The summed E-state index contributed by atoms with van der Waals surface area (Å²) in [6.07, 6.45) is 8.84. The van der Waals surface area contributed by atoms with Gasteiger partial charge in [0.05, 0.1) is 12.2 Å². The lowest BCUT2D eigenvalue weighted by Gasteiger charge is -2.52. The van der Waals surface area contributed by atoms with E-state index in [1.54, 1.807) is 0 Å². The van der Waals surface area contributed by atoms with Crippen LogP contribution in [0.1, 0.15) is 38.5 Å². The van der Waals surface area contributed by atoms with Crippen LogP contribution in [0, 0.1) is 0 Å². The molecule has 108 valence electrons. The van der Waals surface area contributed by atoms with Crippen molar-refractivity contribution in [2.45, 2.75) is 62.3 Å². The second-order valence-corrected chi connectivity index (χ2v) is 7.08. The number of ether oxygens (including phenoxy) is 1. The Kier molecular flexibility index (Phi) is 3.10. The summed E-state index contributed by atoms with van der Waals surface area (Å²) in [6, 6.07) is 0.804. The number of nitrogens with zero attached hydrogens (tertiary/aromatic N) is 2. The third kappa shape index (κ3) is 2.04. The average molecular weight is 265 g/mol. The van der Waals surface area contributed by atoms with E-state index < -0.39 is 0 Å². The van der Waals surface area contributed by atoms with Gasteiger partial charge >= 0.3 is 0 Å². The first-order chi connectivity index (χ1) is 9.29. The summed E-state index contributed by atoms with van der Waals surface area (Å²) < 4.78 is 6.00. The van der Waals surface area contributed by atoms with Gasteiger partial charge in [0.1, 0.15) is 0 Å². The molecule has 4 unspecified atom stereocenters. The Hall–Kier alpha value is -0.160. The summed E-state index contributed by atoms with van der Waals surface area (Å²) in [5.74, 6) is 0. The van der Waals surface area contributed by atoms with Gasteiger partial charge in [-0.15, -0.1) is 0 Å². The van der Waals surface area contributed by atoms with Gasteiger partial charge in [0.2, 0.25) is 0 Å². The number of hydrogen-bond acceptors (Lipinski definition) is 4. The molecule has 2 bridgehead atoms. The molecule has 19 heavy (non-hydrogen) atoms. The minimum absolute atomic E-state index is 0.274. The standard InChI is InChI=1S/C15H27N3O/c16-11-15(5-7-17-6-1-2-12(17)8-15)18-9-13-3-4-14(10-18)19-13/h12-14H,1-11,16H2. The van der Waals surface area contributed by atoms with Crippen molar-refractivity contribution in [1.29, 1.82) is 0 Å². The van der Waals surface area contributed by atoms with E-state index in [-0.39, 0.29) is 5.54 Å². The molecule has 4 aliphatic rings. The Morgan fingerprint density at radius 3 is 2.63 bits per heavy atom. The third-order valence-electron chi connectivity index (χ3n) is 6.07. The van der Waals surface area contributed by atoms with E-state index in [0.29, 0.717) is 12.2 Å². The highest BCUT2D eigenvalue weighted by molar-refractivity contribution is 5.04. The van der Waals surface area contributed by atoms with Crippen LogP contribution in [-0.2, 0) is 4.74 Å². The smallest absolute Gasteiger partial charge is 0.0707 e. The molecular formula is C15H27N3O. The Labute approximate surface area is 116 Å². The van der Waals surface area contributed by atoms with Gasteiger partial charge in [-0.2, -0.15) is 0 Å². The molecule has 4 rings (SSSR count). The van der Waals surface area contributed by atoms with Crippen molar-refractivity contribution < 1.29 is 4.74 Å². The maximum atomic E-state index is 6.26. The summed E-state index contributed by atoms with van der Waals surface area (Å²) in [5.41, 5.74) is 6.54. The average Bonchev–Trinajstić information content (AvgIpc) is 3.03. The number of piperidine rings is 1. The molecule has 4 saturated heterocycles. The maximum Gasteiger partial charge on any atom is 0.0707 e. The molecule has 4 nitrogen and oxygen atoms in total. The predicted molar refractivity (Wildman–Crippen MR) is 75.1 cm³/mol. The zero-order valence-corrected chi connectivity index (χ0v) is 11.9. The quantitative estimate of drug-likeness (QED) is 0.802. The third-order valence-corrected chi connectivity index (χ3v) is 6.07. The molecule has 0 aliphatic carbocycles. The summed E-state index contributed by atoms with van der Waals surface area (Å²) in [5, 5.41) is 0. The van der Waals surface area contributed by atoms with Crippen LogP contribution >= 0.6 is 0 Å². The minimum Gasteiger partial charge on any atom is -0.372 e. The van der Waals surface area contributed by atoms with Gasteiger partial charge < -0.3 is 15.4 Å². The molecule has 4 fully saturated rings. The van der Waals surface area contributed by atoms with Crippen LogP contribution < -0.4 is 5.73 Å². The van der Waals surface area contributed by atoms with E-state index in [2.05, 4.69) is 9.80 Å². The molecule has 0 spiro atoms. The van der Waals surface area contributed by atoms with Crippen molar-refractivity contribution in [2.75, 3.05) is 32.7 Å². The van der Waals surface area contributed by atoms with Crippen LogP contribution in [0.15, 0.2) is 0 Å². The van der Waals surface area contributed by atoms with E-state index >= 15 is 0 Å². The molecule has 0 aromatic carbocycles. The van der Waals surface area contributed by atoms with Crippen LogP contribution in [0.25, 0.3) is 0 Å². The van der Waals surface area contributed by atoms with Crippen LogP contribution in [0.3, 0.4) is 0 Å². The van der Waals surface area contributed by atoms with E-state index in [1.807, 2.05) is 0 Å². The predicted octanol–water partition coefficient (Wildman–Crippen LogP) is 0.805. The molecule has 4 heterocycles. The van der Waals surface area contributed by atoms with Gasteiger partial charge in [0, 0.05) is 37.8 Å². The van der Waals surface area contributed by atoms with Crippen molar-refractivity contribution in [3.8, 4) is 0 Å². The molecule has 0 aromatic rings. The van der Waals surface area contributed by atoms with E-state index in [1.165, 1.54) is 51.6 Å². The van der Waals surface area contributed by atoms with Crippen LogP contribution in [-0.4, -0.2) is 66.3 Å². The highest BCUT2D eigenvalue weighted by atomic mass is 16.5. The van der Waals surface area contributed by atoms with E-state index in [0.717, 1.165) is 25.7 Å². The summed E-state index contributed by atoms with van der Waals surface area (Å²) in [4.78, 5) is 5.41. The summed E-state index contributed by atoms with van der Waals surface area (Å²) >= 11 is 0. The fraction of sp³-hybridized carbons (Fsp3) is 1.00. The van der Waals surface area contributed by atoms with Gasteiger partial charge in [-0.25, -0.2) is 0 Å². The first-order valence-electron chi connectivity index (χ1n) is 8.14. The van der Waals surface area contributed by atoms with Gasteiger partial charge in [-0.05, 0) is 45.1 Å². The van der Waals surface area contributed by atoms with Crippen LogP contribution in [0.2, 0.25) is 0 Å². The Bertz CT molecular complexity index is 338. The molecule has 2 N–H and O–H groups in total. The van der Waals surface area contributed by atoms with E-state index in [4.69, 9.17) is 10.5 Å². The SMILES string of the molecule is NCC1(N2CC3CCC(C2)O3)CCN2CCCC2C1. The summed E-state index contributed by atoms with van der Waals surface area (Å²) in [7, 11) is 0. The van der Waals surface area contributed by atoms with Gasteiger partial charge in [0.15, 0.2) is 0 Å². The number of morpholine rings is 1. The number of rotatable bonds is 2. The first kappa shape index (κ1) is 12.6. The lowest BCUT2D eigenvalue weighted by Crippen LogP contribution is -2.64. The van der Waals surface area contributed by atoms with Gasteiger partial charge in [-0.1, -0.05) is 0 Å². The molecule has 4 atom stereocenters. The minimum atomic E-state index is 0.274. The van der Waals surface area contributed by atoms with Gasteiger partial charge in [-0.3, -0.25) is 4.90 Å². The van der Waals surface area contributed by atoms with Crippen molar-refractivity contribution in [3.05, 3.63) is 0 Å². The molecule has 0 saturated carbocycles. The topological polar surface area (TPSA) is 41.7 Å². The second kappa shape index (κ2) is 4.69. The number of hydrogen-bond donors (Lipinski definition) is 1. The van der Waals surface area contributed by atoms with Crippen molar-refractivity contribution in [3.63, 3.8) is 0 Å². The number of nitrogens with two attached hydrogens (primary N) is 1. The second-order valence-electron chi connectivity index (χ2n) is 7.08. The highest BCUT2D eigenvalue weighted by Gasteiger charge is 2.48. The summed E-state index contributed by atoms with van der Waals surface area (Å²) in [6.45, 7) is 5.66. The normalized spacial score (nSPS) is 47.5. The lowest BCUT2D eigenvalue weighted by atomic mass is 9.81. The fourth-order valence-corrected chi connectivity index (χ4v) is 4.92. The van der Waals surface area contributed by atoms with Crippen molar-refractivity contribution in [2.24, 2.45) is 5.73 Å². The van der Waals surface area contributed by atoms with Crippen molar-refractivity contribution in [1.82, 2.24) is 9.80 Å². The maximum absolute atomic E-state index is 6.26. The van der Waals surface area contributed by atoms with Gasteiger partial charge in [0.25, 0.3) is 0 Å². The molecule has 4 heteroatoms. The highest BCUT2D eigenvalue weighted by Crippen LogP contribution is 2.39. The lowest BCUT2D eigenvalue weighted by molar-refractivity contribution is -0.0948. The van der Waals surface area contributed by atoms with Crippen molar-refractivity contribution >= 4 is 0 Å². The Balaban J connectivity index is 1.53. The van der Waals surface area contributed by atoms with Crippen LogP contribution in [0.4, 0.5) is 0 Å². The molecule has 4 aliphatic heterocycles. The molecular weight excluding hydrogens is 238 g/mol. The zero-order chi connectivity index (χ0) is 12.9. The first-order valence-corrected chi connectivity index (χ1v) is 8.14.